The molecule has 7 nitrogen and oxygen atoms in total. The van der Waals surface area contributed by atoms with Gasteiger partial charge in [0.05, 0.1) is 13.2 Å². The number of carbonyl (C=O) groups is 2. The number of likely N-dealkylation sites (N-methyl/N-ethyl adjacent to an activating group) is 1. The van der Waals surface area contributed by atoms with Crippen LogP contribution in [-0.4, -0.2) is 62.7 Å². The number of hydrogen-bond donors (Lipinski definition) is 2. The van der Waals surface area contributed by atoms with Gasteiger partial charge in [-0.05, 0) is 25.2 Å². The third-order valence-electron chi connectivity index (χ3n) is 4.43. The lowest BCUT2D eigenvalue weighted by Crippen LogP contribution is -2.45. The van der Waals surface area contributed by atoms with Gasteiger partial charge in [-0.2, -0.15) is 0 Å². The van der Waals surface area contributed by atoms with E-state index in [9.17, 15) is 9.59 Å². The lowest BCUT2D eigenvalue weighted by atomic mass is 10.2. The Kier molecular flexibility index (Phi) is 7.06. The van der Waals surface area contributed by atoms with Crippen LogP contribution in [0.5, 0.6) is 5.75 Å². The van der Waals surface area contributed by atoms with E-state index in [0.29, 0.717) is 25.3 Å². The molecular weight excluding hydrogens is 320 g/mol. The van der Waals surface area contributed by atoms with Crippen molar-refractivity contribution in [2.45, 2.75) is 26.3 Å². The van der Waals surface area contributed by atoms with Crippen LogP contribution in [0.2, 0.25) is 0 Å². The molecule has 3 amide bonds. The van der Waals surface area contributed by atoms with Gasteiger partial charge in [-0.1, -0.05) is 19.9 Å². The molecule has 0 unspecified atom stereocenters. The molecule has 0 aromatic heterocycles. The summed E-state index contributed by atoms with van der Waals surface area (Å²) >= 11 is 0. The molecule has 1 fully saturated rings. The van der Waals surface area contributed by atoms with E-state index >= 15 is 0 Å². The topological polar surface area (TPSA) is 73.9 Å². The summed E-state index contributed by atoms with van der Waals surface area (Å²) in [6.45, 7) is 8.00. The third kappa shape index (κ3) is 5.35. The quantitative estimate of drug-likeness (QED) is 0.746. The number of ether oxygens (including phenoxy) is 1. The van der Waals surface area contributed by atoms with E-state index < -0.39 is 0 Å². The molecule has 138 valence electrons. The lowest BCUT2D eigenvalue weighted by molar-refractivity contribution is -0.117. The molecule has 2 N–H and O–H groups in total. The summed E-state index contributed by atoms with van der Waals surface area (Å²) in [5, 5.41) is 5.74. The predicted octanol–water partition coefficient (Wildman–Crippen LogP) is 1.44. The molecule has 0 aliphatic carbocycles. The number of carbonyl (C=O) groups excluding carboxylic acids is 2. The van der Waals surface area contributed by atoms with Crippen molar-refractivity contribution < 1.29 is 14.3 Å². The minimum absolute atomic E-state index is 0.00157. The van der Waals surface area contributed by atoms with E-state index in [1.807, 2.05) is 24.3 Å². The number of rotatable bonds is 8. The van der Waals surface area contributed by atoms with Crippen molar-refractivity contribution >= 4 is 17.6 Å². The van der Waals surface area contributed by atoms with Crippen LogP contribution >= 0.6 is 0 Å². The van der Waals surface area contributed by atoms with Gasteiger partial charge in [-0.15, -0.1) is 0 Å². The van der Waals surface area contributed by atoms with Gasteiger partial charge in [0.25, 0.3) is 0 Å². The van der Waals surface area contributed by atoms with Gasteiger partial charge in [-0.3, -0.25) is 4.79 Å². The number of nitrogens with zero attached hydrogens (tertiary/aromatic N) is 2. The number of methoxy groups -OCH3 is 1. The van der Waals surface area contributed by atoms with Crippen LogP contribution in [0.3, 0.4) is 0 Å². The standard InChI is InChI=1S/C18H28N4O3/c1-4-21(5-2)10-9-19-18(24)20-14-11-17(23)22(13-14)15-7-6-8-16(12-15)25-3/h6-8,12,14H,4-5,9-11,13H2,1-3H3,(H2,19,20,24)/t14-/m1/s1. The fourth-order valence-corrected chi connectivity index (χ4v) is 2.94. The van der Waals surface area contributed by atoms with E-state index in [0.717, 1.165) is 25.3 Å². The summed E-state index contributed by atoms with van der Waals surface area (Å²) in [5.41, 5.74) is 0.788. The van der Waals surface area contributed by atoms with Crippen LogP contribution in [0.4, 0.5) is 10.5 Å². The molecule has 0 bridgehead atoms. The summed E-state index contributed by atoms with van der Waals surface area (Å²) in [6.07, 6.45) is 0.306. The second-order valence-corrected chi connectivity index (χ2v) is 6.03. The number of anilines is 1. The van der Waals surface area contributed by atoms with Crippen LogP contribution in [-0.2, 0) is 4.79 Å². The van der Waals surface area contributed by atoms with Crippen molar-refractivity contribution in [3.8, 4) is 5.75 Å². The van der Waals surface area contributed by atoms with Crippen LogP contribution in [0, 0.1) is 0 Å². The first-order valence-corrected chi connectivity index (χ1v) is 8.78. The summed E-state index contributed by atoms with van der Waals surface area (Å²) < 4.78 is 5.20. The fraction of sp³-hybridized carbons (Fsp3) is 0.556. The summed E-state index contributed by atoms with van der Waals surface area (Å²) in [6, 6.07) is 6.97. The van der Waals surface area contributed by atoms with E-state index in [-0.39, 0.29) is 18.0 Å². The highest BCUT2D eigenvalue weighted by Crippen LogP contribution is 2.25. The van der Waals surface area contributed by atoms with Gasteiger partial charge < -0.3 is 25.2 Å². The second kappa shape index (κ2) is 9.27. The molecule has 1 heterocycles. The maximum Gasteiger partial charge on any atom is 0.315 e. The Balaban J connectivity index is 1.82. The van der Waals surface area contributed by atoms with Gasteiger partial charge in [-0.25, -0.2) is 4.79 Å². The SMILES string of the molecule is CCN(CC)CCNC(=O)N[C@@H]1CC(=O)N(c2cccc(OC)c2)C1. The number of urea groups is 1. The second-order valence-electron chi connectivity index (χ2n) is 6.03. The Morgan fingerprint density at radius 3 is 2.80 bits per heavy atom. The molecule has 1 atom stereocenters. The maximum absolute atomic E-state index is 12.3. The molecular formula is C18H28N4O3. The van der Waals surface area contributed by atoms with Crippen molar-refractivity contribution in [3.63, 3.8) is 0 Å². The summed E-state index contributed by atoms with van der Waals surface area (Å²) in [4.78, 5) is 28.2. The Labute approximate surface area is 149 Å². The van der Waals surface area contributed by atoms with Crippen molar-refractivity contribution in [1.82, 2.24) is 15.5 Å². The monoisotopic (exact) mass is 348 g/mol. The molecule has 1 aliphatic rings. The van der Waals surface area contributed by atoms with Gasteiger partial charge in [0.2, 0.25) is 5.91 Å². The van der Waals surface area contributed by atoms with Crippen LogP contribution in [0.25, 0.3) is 0 Å². The average molecular weight is 348 g/mol. The van der Waals surface area contributed by atoms with Crippen molar-refractivity contribution in [2.24, 2.45) is 0 Å². The van der Waals surface area contributed by atoms with Gasteiger partial charge in [0.1, 0.15) is 5.75 Å². The number of hydrogen-bond acceptors (Lipinski definition) is 4. The van der Waals surface area contributed by atoms with E-state index in [1.54, 1.807) is 12.0 Å². The molecule has 0 radical (unpaired) electrons. The Hall–Kier alpha value is -2.28. The summed E-state index contributed by atoms with van der Waals surface area (Å²) in [7, 11) is 1.60. The Morgan fingerprint density at radius 2 is 2.12 bits per heavy atom. The first kappa shape index (κ1) is 19.1. The predicted molar refractivity (Wildman–Crippen MR) is 98.1 cm³/mol. The highest BCUT2D eigenvalue weighted by Gasteiger charge is 2.31. The zero-order valence-corrected chi connectivity index (χ0v) is 15.2. The number of nitrogens with one attached hydrogen (secondary N) is 2. The maximum atomic E-state index is 12.3. The minimum Gasteiger partial charge on any atom is -0.497 e. The van der Waals surface area contributed by atoms with Gasteiger partial charge >= 0.3 is 6.03 Å². The molecule has 25 heavy (non-hydrogen) atoms. The minimum atomic E-state index is -0.225. The lowest BCUT2D eigenvalue weighted by Gasteiger charge is -2.19. The van der Waals surface area contributed by atoms with Gasteiger partial charge in [0, 0.05) is 37.8 Å². The first-order chi connectivity index (χ1) is 12.1. The smallest absolute Gasteiger partial charge is 0.315 e. The zero-order valence-electron chi connectivity index (χ0n) is 15.2. The Morgan fingerprint density at radius 1 is 1.36 bits per heavy atom. The zero-order chi connectivity index (χ0) is 18.2. The average Bonchev–Trinajstić information content (AvgIpc) is 2.99. The summed E-state index contributed by atoms with van der Waals surface area (Å²) in [5.74, 6) is 0.706. The molecule has 7 heteroatoms. The van der Waals surface area contributed by atoms with Crippen molar-refractivity contribution in [3.05, 3.63) is 24.3 Å². The molecule has 2 rings (SSSR count). The highest BCUT2D eigenvalue weighted by atomic mass is 16.5. The third-order valence-corrected chi connectivity index (χ3v) is 4.43. The van der Waals surface area contributed by atoms with Crippen LogP contribution in [0.1, 0.15) is 20.3 Å². The van der Waals surface area contributed by atoms with Crippen molar-refractivity contribution in [1.29, 1.82) is 0 Å². The fourth-order valence-electron chi connectivity index (χ4n) is 2.94. The molecule has 1 aromatic carbocycles. The Bertz CT molecular complexity index is 589. The largest absolute Gasteiger partial charge is 0.497 e. The number of amides is 3. The van der Waals surface area contributed by atoms with Crippen LogP contribution < -0.4 is 20.3 Å². The molecule has 1 saturated heterocycles. The first-order valence-electron chi connectivity index (χ1n) is 8.78. The van der Waals surface area contributed by atoms with Crippen molar-refractivity contribution in [2.75, 3.05) is 44.7 Å². The van der Waals surface area contributed by atoms with E-state index in [4.69, 9.17) is 4.74 Å². The highest BCUT2D eigenvalue weighted by molar-refractivity contribution is 5.97. The van der Waals surface area contributed by atoms with Crippen LogP contribution in [0.15, 0.2) is 24.3 Å². The number of benzene rings is 1. The van der Waals surface area contributed by atoms with E-state index in [1.165, 1.54) is 0 Å². The van der Waals surface area contributed by atoms with Gasteiger partial charge in [0.15, 0.2) is 0 Å². The normalized spacial score (nSPS) is 17.0. The molecule has 1 aliphatic heterocycles. The molecule has 0 spiro atoms. The van der Waals surface area contributed by atoms with E-state index in [2.05, 4.69) is 29.4 Å². The molecule has 0 saturated carbocycles. The molecule has 1 aromatic rings.